The van der Waals surface area contributed by atoms with Gasteiger partial charge in [-0.25, -0.2) is 4.98 Å². The van der Waals surface area contributed by atoms with Gasteiger partial charge in [-0.05, 0) is 48.7 Å². The van der Waals surface area contributed by atoms with E-state index in [-0.39, 0.29) is 22.7 Å². The standard InChI is InChI=1S/C30H29ClN4O3/c1-5-19(3)28(37)23-14-26(27(38-4)15-22(23)20-12-10-18(2)11-13-20)34-30-32-16-24(31)29(35-30)33-25-9-7-6-8-21(25)17-36/h6-17,19H,5H2,1-4H3,(H2,32,33,34,35). The summed E-state index contributed by atoms with van der Waals surface area (Å²) in [6.45, 7) is 5.95. The van der Waals surface area contributed by atoms with Crippen LogP contribution in [0.15, 0.2) is 66.9 Å². The lowest BCUT2D eigenvalue weighted by atomic mass is 9.89. The minimum Gasteiger partial charge on any atom is -0.495 e. The summed E-state index contributed by atoms with van der Waals surface area (Å²) in [5.41, 5.74) is 5.01. The van der Waals surface area contributed by atoms with E-state index in [1.165, 1.54) is 6.20 Å². The Balaban J connectivity index is 1.75. The molecule has 2 N–H and O–H groups in total. The molecule has 0 saturated heterocycles. The molecule has 7 nitrogen and oxygen atoms in total. The van der Waals surface area contributed by atoms with Crippen LogP contribution in [0.3, 0.4) is 0 Å². The molecule has 194 valence electrons. The molecule has 0 amide bonds. The minimum absolute atomic E-state index is 0.0404. The second-order valence-electron chi connectivity index (χ2n) is 8.98. The van der Waals surface area contributed by atoms with Gasteiger partial charge in [-0.2, -0.15) is 4.98 Å². The zero-order chi connectivity index (χ0) is 27.2. The first-order chi connectivity index (χ1) is 18.3. The van der Waals surface area contributed by atoms with Crippen molar-refractivity contribution < 1.29 is 14.3 Å². The largest absolute Gasteiger partial charge is 0.495 e. The van der Waals surface area contributed by atoms with Gasteiger partial charge in [0.2, 0.25) is 5.95 Å². The van der Waals surface area contributed by atoms with E-state index in [0.717, 1.165) is 29.4 Å². The third-order valence-electron chi connectivity index (χ3n) is 6.36. The highest BCUT2D eigenvalue weighted by molar-refractivity contribution is 6.33. The number of methoxy groups -OCH3 is 1. The summed E-state index contributed by atoms with van der Waals surface area (Å²) in [4.78, 5) is 33.7. The van der Waals surface area contributed by atoms with E-state index >= 15 is 0 Å². The number of carbonyl (C=O) groups excluding carboxylic acids is 2. The SMILES string of the molecule is CCC(C)C(=O)c1cc(Nc2ncc(Cl)c(Nc3ccccc3C=O)n2)c(OC)cc1-c1ccc(C)cc1. The Bertz CT molecular complexity index is 1470. The van der Waals surface area contributed by atoms with Crippen LogP contribution in [-0.4, -0.2) is 29.1 Å². The first-order valence-electron chi connectivity index (χ1n) is 12.3. The van der Waals surface area contributed by atoms with Crippen LogP contribution in [0.5, 0.6) is 5.75 Å². The lowest BCUT2D eigenvalue weighted by molar-refractivity contribution is 0.0927. The third kappa shape index (κ3) is 5.84. The molecule has 4 rings (SSSR count). The number of anilines is 4. The Kier molecular flexibility index (Phi) is 8.38. The molecule has 3 aromatic carbocycles. The van der Waals surface area contributed by atoms with Crippen LogP contribution in [0.25, 0.3) is 11.1 Å². The molecule has 0 aliphatic rings. The minimum atomic E-state index is -0.152. The number of hydrogen-bond donors (Lipinski definition) is 2. The van der Waals surface area contributed by atoms with Crippen LogP contribution in [0.4, 0.5) is 23.1 Å². The summed E-state index contributed by atoms with van der Waals surface area (Å²) >= 11 is 6.35. The summed E-state index contributed by atoms with van der Waals surface area (Å²) in [5.74, 6) is 0.980. The topological polar surface area (TPSA) is 93.2 Å². The van der Waals surface area contributed by atoms with E-state index in [1.54, 1.807) is 37.4 Å². The molecule has 1 atom stereocenters. The highest BCUT2D eigenvalue weighted by atomic mass is 35.5. The molecule has 0 spiro atoms. The first-order valence-corrected chi connectivity index (χ1v) is 12.7. The smallest absolute Gasteiger partial charge is 0.229 e. The summed E-state index contributed by atoms with van der Waals surface area (Å²) < 4.78 is 5.69. The molecule has 0 aliphatic heterocycles. The lowest BCUT2D eigenvalue weighted by Crippen LogP contribution is -2.13. The molecule has 1 heterocycles. The molecular weight excluding hydrogens is 500 g/mol. The molecule has 1 unspecified atom stereocenters. The molecule has 8 heteroatoms. The van der Waals surface area contributed by atoms with Crippen LogP contribution < -0.4 is 15.4 Å². The van der Waals surface area contributed by atoms with Gasteiger partial charge in [-0.3, -0.25) is 9.59 Å². The van der Waals surface area contributed by atoms with E-state index < -0.39 is 0 Å². The molecule has 4 aromatic rings. The maximum absolute atomic E-state index is 13.4. The molecule has 0 aliphatic carbocycles. The van der Waals surface area contributed by atoms with E-state index in [1.807, 2.05) is 51.1 Å². The third-order valence-corrected chi connectivity index (χ3v) is 6.64. The average Bonchev–Trinajstić information content (AvgIpc) is 2.94. The Morgan fingerprint density at radius 2 is 1.82 bits per heavy atom. The number of aryl methyl sites for hydroxylation is 1. The zero-order valence-corrected chi connectivity index (χ0v) is 22.5. The van der Waals surface area contributed by atoms with Crippen molar-refractivity contribution in [2.75, 3.05) is 17.7 Å². The van der Waals surface area contributed by atoms with Crippen molar-refractivity contribution in [1.82, 2.24) is 9.97 Å². The number of ketones is 1. The van der Waals surface area contributed by atoms with Gasteiger partial charge in [0, 0.05) is 17.0 Å². The van der Waals surface area contributed by atoms with Crippen molar-refractivity contribution in [3.8, 4) is 16.9 Å². The number of nitrogens with one attached hydrogen (secondary N) is 2. The number of para-hydroxylation sites is 1. The Morgan fingerprint density at radius 1 is 1.08 bits per heavy atom. The van der Waals surface area contributed by atoms with Gasteiger partial charge in [0.15, 0.2) is 17.9 Å². The van der Waals surface area contributed by atoms with E-state index in [9.17, 15) is 9.59 Å². The number of nitrogens with zero attached hydrogens (tertiary/aromatic N) is 2. The van der Waals surface area contributed by atoms with Gasteiger partial charge in [0.25, 0.3) is 0 Å². The zero-order valence-electron chi connectivity index (χ0n) is 21.7. The molecule has 0 fully saturated rings. The second-order valence-corrected chi connectivity index (χ2v) is 9.39. The van der Waals surface area contributed by atoms with Crippen LogP contribution in [0.2, 0.25) is 5.02 Å². The molecule has 0 radical (unpaired) electrons. The van der Waals surface area contributed by atoms with Crippen molar-refractivity contribution >= 4 is 46.8 Å². The normalized spacial score (nSPS) is 11.5. The number of carbonyl (C=O) groups is 2. The summed E-state index contributed by atoms with van der Waals surface area (Å²) in [5, 5.41) is 6.55. The predicted octanol–water partition coefficient (Wildman–Crippen LogP) is 7.64. The fourth-order valence-electron chi connectivity index (χ4n) is 3.95. The first kappa shape index (κ1) is 26.8. The van der Waals surface area contributed by atoms with Gasteiger partial charge in [0.05, 0.1) is 24.7 Å². The molecule has 0 bridgehead atoms. The van der Waals surface area contributed by atoms with Gasteiger partial charge in [-0.1, -0.05) is 67.4 Å². The van der Waals surface area contributed by atoms with Crippen LogP contribution in [-0.2, 0) is 0 Å². The van der Waals surface area contributed by atoms with Gasteiger partial charge >= 0.3 is 0 Å². The highest BCUT2D eigenvalue weighted by Crippen LogP contribution is 2.37. The van der Waals surface area contributed by atoms with Crippen molar-refractivity contribution in [2.24, 2.45) is 5.92 Å². The summed E-state index contributed by atoms with van der Waals surface area (Å²) in [7, 11) is 1.57. The Labute approximate surface area is 227 Å². The fourth-order valence-corrected chi connectivity index (χ4v) is 4.09. The number of hydrogen-bond acceptors (Lipinski definition) is 7. The number of ether oxygens (including phenoxy) is 1. The van der Waals surface area contributed by atoms with Crippen LogP contribution >= 0.6 is 11.6 Å². The molecule has 1 aromatic heterocycles. The monoisotopic (exact) mass is 528 g/mol. The summed E-state index contributed by atoms with van der Waals surface area (Å²) in [6.07, 6.45) is 2.94. The van der Waals surface area contributed by atoms with Crippen molar-refractivity contribution in [3.63, 3.8) is 0 Å². The number of rotatable bonds is 10. The van der Waals surface area contributed by atoms with Gasteiger partial charge < -0.3 is 15.4 Å². The Morgan fingerprint density at radius 3 is 2.50 bits per heavy atom. The molecule has 0 saturated carbocycles. The maximum Gasteiger partial charge on any atom is 0.229 e. The maximum atomic E-state index is 13.4. The van der Waals surface area contributed by atoms with Crippen LogP contribution in [0, 0.1) is 12.8 Å². The average molecular weight is 529 g/mol. The number of Topliss-reactive ketones (excluding diaryl/α,β-unsaturated/α-hetero) is 1. The quantitative estimate of drug-likeness (QED) is 0.161. The van der Waals surface area contributed by atoms with E-state index in [2.05, 4.69) is 20.6 Å². The van der Waals surface area contributed by atoms with Crippen molar-refractivity contribution in [3.05, 3.63) is 88.6 Å². The van der Waals surface area contributed by atoms with E-state index in [4.69, 9.17) is 16.3 Å². The Hall–Kier alpha value is -4.23. The second kappa shape index (κ2) is 11.9. The number of aromatic nitrogens is 2. The number of halogens is 1. The summed E-state index contributed by atoms with van der Waals surface area (Å²) in [6, 6.07) is 18.7. The van der Waals surface area contributed by atoms with Crippen molar-refractivity contribution in [1.29, 1.82) is 0 Å². The van der Waals surface area contributed by atoms with Crippen molar-refractivity contribution in [2.45, 2.75) is 27.2 Å². The molecule has 38 heavy (non-hydrogen) atoms. The number of benzene rings is 3. The number of aldehydes is 1. The van der Waals surface area contributed by atoms with Crippen LogP contribution in [0.1, 0.15) is 46.5 Å². The fraction of sp³-hybridized carbons (Fsp3) is 0.200. The van der Waals surface area contributed by atoms with E-state index in [0.29, 0.717) is 34.1 Å². The lowest BCUT2D eigenvalue weighted by Gasteiger charge is -2.18. The van der Waals surface area contributed by atoms with Gasteiger partial charge in [0.1, 0.15) is 10.8 Å². The molecular formula is C30H29ClN4O3. The predicted molar refractivity (Wildman–Crippen MR) is 152 cm³/mol. The van der Waals surface area contributed by atoms with Gasteiger partial charge in [-0.15, -0.1) is 0 Å². The highest BCUT2D eigenvalue weighted by Gasteiger charge is 2.22.